The van der Waals surface area contributed by atoms with Gasteiger partial charge in [-0.2, -0.15) is 4.31 Å². The molecule has 1 N–H and O–H groups in total. The molecule has 0 bridgehead atoms. The lowest BCUT2D eigenvalue weighted by Gasteiger charge is -2.25. The van der Waals surface area contributed by atoms with Gasteiger partial charge in [-0.15, -0.1) is 0 Å². The summed E-state index contributed by atoms with van der Waals surface area (Å²) in [5, 5.41) is 2.73. The SMILES string of the molecule is CN(c1ccccc1C(=O)Nc1ccc(S(=O)(=O)N2CCCCC2)cc1)S(=O)(=O)c1ccccc1. The standard InChI is InChI=1S/C25H27N3O5S2/c1-27(34(30,31)21-10-4-2-5-11-21)24-13-7-6-12-23(24)25(29)26-20-14-16-22(17-15-20)35(32,33)28-18-8-3-9-19-28/h2,4-7,10-17H,3,8-9,18-19H2,1H3,(H,26,29). The number of sulfonamides is 2. The molecule has 8 nitrogen and oxygen atoms in total. The first-order chi connectivity index (χ1) is 16.7. The van der Waals surface area contributed by atoms with E-state index in [2.05, 4.69) is 5.32 Å². The van der Waals surface area contributed by atoms with Crippen molar-refractivity contribution in [2.45, 2.75) is 29.1 Å². The summed E-state index contributed by atoms with van der Waals surface area (Å²) in [6, 6.07) is 20.4. The van der Waals surface area contributed by atoms with Crippen LogP contribution in [-0.2, 0) is 20.0 Å². The third kappa shape index (κ3) is 5.24. The predicted molar refractivity (Wildman–Crippen MR) is 135 cm³/mol. The largest absolute Gasteiger partial charge is 0.322 e. The number of para-hydroxylation sites is 1. The summed E-state index contributed by atoms with van der Waals surface area (Å²) < 4.78 is 54.4. The molecule has 1 heterocycles. The fourth-order valence-corrected chi connectivity index (χ4v) is 6.74. The minimum atomic E-state index is -3.87. The summed E-state index contributed by atoms with van der Waals surface area (Å²) in [4.78, 5) is 13.4. The van der Waals surface area contributed by atoms with Crippen molar-refractivity contribution in [2.75, 3.05) is 29.8 Å². The highest BCUT2D eigenvalue weighted by atomic mass is 32.2. The van der Waals surface area contributed by atoms with Crippen molar-refractivity contribution < 1.29 is 21.6 Å². The first-order valence-corrected chi connectivity index (χ1v) is 14.1. The van der Waals surface area contributed by atoms with Crippen molar-refractivity contribution >= 4 is 37.3 Å². The van der Waals surface area contributed by atoms with E-state index in [1.165, 1.54) is 53.8 Å². The first kappa shape index (κ1) is 24.9. The molecule has 3 aromatic carbocycles. The number of nitrogens with zero attached hydrogens (tertiary/aromatic N) is 2. The highest BCUT2D eigenvalue weighted by molar-refractivity contribution is 7.92. The van der Waals surface area contributed by atoms with Crippen LogP contribution in [0.3, 0.4) is 0 Å². The number of nitrogens with one attached hydrogen (secondary N) is 1. The van der Waals surface area contributed by atoms with E-state index < -0.39 is 26.0 Å². The zero-order valence-corrected chi connectivity index (χ0v) is 20.9. The highest BCUT2D eigenvalue weighted by Crippen LogP contribution is 2.27. The van der Waals surface area contributed by atoms with Gasteiger partial charge in [0.1, 0.15) is 0 Å². The normalized spacial score (nSPS) is 14.9. The lowest BCUT2D eigenvalue weighted by Crippen LogP contribution is -2.35. The molecule has 1 fully saturated rings. The van der Waals surface area contributed by atoms with Crippen molar-refractivity contribution in [3.05, 3.63) is 84.4 Å². The molecule has 0 spiro atoms. The van der Waals surface area contributed by atoms with Gasteiger partial charge in [-0.3, -0.25) is 9.10 Å². The minimum absolute atomic E-state index is 0.114. The van der Waals surface area contributed by atoms with E-state index in [9.17, 15) is 21.6 Å². The molecule has 0 saturated carbocycles. The van der Waals surface area contributed by atoms with Gasteiger partial charge in [0.2, 0.25) is 10.0 Å². The second kappa shape index (κ2) is 10.2. The number of benzene rings is 3. The molecule has 0 radical (unpaired) electrons. The molecule has 10 heteroatoms. The van der Waals surface area contributed by atoms with Gasteiger partial charge in [-0.05, 0) is 61.4 Å². The molecule has 0 aromatic heterocycles. The molecule has 184 valence electrons. The Labute approximate surface area is 206 Å². The molecule has 1 aliphatic heterocycles. The smallest absolute Gasteiger partial charge is 0.264 e. The molecule has 35 heavy (non-hydrogen) atoms. The van der Waals surface area contributed by atoms with E-state index in [0.717, 1.165) is 23.6 Å². The molecular weight excluding hydrogens is 486 g/mol. The van der Waals surface area contributed by atoms with Crippen molar-refractivity contribution in [3.63, 3.8) is 0 Å². The van der Waals surface area contributed by atoms with Crippen LogP contribution in [0.4, 0.5) is 11.4 Å². The lowest BCUT2D eigenvalue weighted by molar-refractivity contribution is 0.102. The molecule has 0 aliphatic carbocycles. The summed E-state index contributed by atoms with van der Waals surface area (Å²) in [7, 11) is -6.05. The maximum absolute atomic E-state index is 13.1. The summed E-state index contributed by atoms with van der Waals surface area (Å²) in [6.07, 6.45) is 2.72. The lowest BCUT2D eigenvalue weighted by atomic mass is 10.1. The van der Waals surface area contributed by atoms with E-state index in [4.69, 9.17) is 0 Å². The molecule has 1 amide bonds. The van der Waals surface area contributed by atoms with Gasteiger partial charge < -0.3 is 5.32 Å². The number of anilines is 2. The Hall–Kier alpha value is -3.21. The van der Waals surface area contributed by atoms with E-state index >= 15 is 0 Å². The van der Waals surface area contributed by atoms with Crippen molar-refractivity contribution in [1.82, 2.24) is 4.31 Å². The zero-order valence-electron chi connectivity index (χ0n) is 19.3. The summed E-state index contributed by atoms with van der Waals surface area (Å²) in [6.45, 7) is 1.02. The molecular formula is C25H27N3O5S2. The first-order valence-electron chi connectivity index (χ1n) is 11.3. The number of carbonyl (C=O) groups excluding carboxylic acids is 1. The number of piperidine rings is 1. The second-order valence-electron chi connectivity index (χ2n) is 8.25. The third-order valence-corrected chi connectivity index (χ3v) is 9.65. The Morgan fingerprint density at radius 3 is 2.03 bits per heavy atom. The third-order valence-electron chi connectivity index (χ3n) is 5.95. The van der Waals surface area contributed by atoms with Gasteiger partial charge in [0.05, 0.1) is 21.0 Å². The Kier molecular flexibility index (Phi) is 7.25. The summed E-state index contributed by atoms with van der Waals surface area (Å²) in [5.41, 5.74) is 0.786. The van der Waals surface area contributed by atoms with E-state index in [-0.39, 0.29) is 21.0 Å². The van der Waals surface area contributed by atoms with Crippen LogP contribution in [0.5, 0.6) is 0 Å². The van der Waals surface area contributed by atoms with Crippen LogP contribution in [-0.4, -0.2) is 47.2 Å². The number of rotatable bonds is 7. The molecule has 1 aliphatic rings. The Bertz CT molecular complexity index is 1400. The maximum Gasteiger partial charge on any atom is 0.264 e. The van der Waals surface area contributed by atoms with Gasteiger partial charge in [0.25, 0.3) is 15.9 Å². The topological polar surface area (TPSA) is 104 Å². The van der Waals surface area contributed by atoms with Crippen LogP contribution in [0.15, 0.2) is 88.7 Å². The van der Waals surface area contributed by atoms with E-state index in [1.807, 2.05) is 0 Å². The number of hydrogen-bond acceptors (Lipinski definition) is 5. The van der Waals surface area contributed by atoms with Crippen molar-refractivity contribution in [3.8, 4) is 0 Å². The molecule has 0 unspecified atom stereocenters. The van der Waals surface area contributed by atoms with Crippen molar-refractivity contribution in [2.24, 2.45) is 0 Å². The second-order valence-corrected chi connectivity index (χ2v) is 12.2. The van der Waals surface area contributed by atoms with Gasteiger partial charge in [0, 0.05) is 25.8 Å². The van der Waals surface area contributed by atoms with E-state index in [0.29, 0.717) is 18.8 Å². The molecule has 0 atom stereocenters. The van der Waals surface area contributed by atoms with Gasteiger partial charge in [-0.1, -0.05) is 36.8 Å². The van der Waals surface area contributed by atoms with Gasteiger partial charge in [0.15, 0.2) is 0 Å². The van der Waals surface area contributed by atoms with Crippen LogP contribution in [0.2, 0.25) is 0 Å². The number of hydrogen-bond donors (Lipinski definition) is 1. The quantitative estimate of drug-likeness (QED) is 0.515. The van der Waals surface area contributed by atoms with Gasteiger partial charge in [-0.25, -0.2) is 16.8 Å². The average molecular weight is 514 g/mol. The summed E-state index contributed by atoms with van der Waals surface area (Å²) in [5.74, 6) is -0.512. The Balaban J connectivity index is 1.54. The highest BCUT2D eigenvalue weighted by Gasteiger charge is 2.27. The number of carbonyl (C=O) groups is 1. The minimum Gasteiger partial charge on any atom is -0.322 e. The zero-order chi connectivity index (χ0) is 25.1. The fraction of sp³-hybridized carbons (Fsp3) is 0.240. The van der Waals surface area contributed by atoms with Crippen LogP contribution in [0.25, 0.3) is 0 Å². The fourth-order valence-electron chi connectivity index (χ4n) is 3.98. The van der Waals surface area contributed by atoms with E-state index in [1.54, 1.807) is 36.4 Å². The maximum atomic E-state index is 13.1. The van der Waals surface area contributed by atoms with Crippen LogP contribution >= 0.6 is 0 Å². The van der Waals surface area contributed by atoms with Crippen LogP contribution in [0.1, 0.15) is 29.6 Å². The Morgan fingerprint density at radius 2 is 1.37 bits per heavy atom. The average Bonchev–Trinajstić information content (AvgIpc) is 2.89. The molecule has 4 rings (SSSR count). The summed E-state index contributed by atoms with van der Waals surface area (Å²) >= 11 is 0. The molecule has 1 saturated heterocycles. The van der Waals surface area contributed by atoms with Crippen LogP contribution in [0, 0.1) is 0 Å². The van der Waals surface area contributed by atoms with Gasteiger partial charge >= 0.3 is 0 Å². The molecule has 3 aromatic rings. The number of amides is 1. The Morgan fingerprint density at radius 1 is 0.771 bits per heavy atom. The monoisotopic (exact) mass is 513 g/mol. The predicted octanol–water partition coefficient (Wildman–Crippen LogP) is 3.94. The van der Waals surface area contributed by atoms with Crippen LogP contribution < -0.4 is 9.62 Å². The van der Waals surface area contributed by atoms with Crippen molar-refractivity contribution in [1.29, 1.82) is 0 Å².